The van der Waals surface area contributed by atoms with Gasteiger partial charge in [-0.1, -0.05) is 12.1 Å². The van der Waals surface area contributed by atoms with Crippen LogP contribution in [0.1, 0.15) is 25.3 Å². The van der Waals surface area contributed by atoms with Crippen molar-refractivity contribution >= 4 is 11.9 Å². The predicted octanol–water partition coefficient (Wildman–Crippen LogP) is 1.63. The molecule has 0 bridgehead atoms. The molecule has 0 unspecified atom stereocenters. The Labute approximate surface area is 149 Å². The molecule has 25 heavy (non-hydrogen) atoms. The van der Waals surface area contributed by atoms with Crippen LogP contribution in [0, 0.1) is 5.92 Å². The molecule has 6 heteroatoms. The Bertz CT molecular complexity index is 551. The average Bonchev–Trinajstić information content (AvgIpc) is 2.63. The second kappa shape index (κ2) is 10.0. The molecule has 0 spiro atoms. The minimum atomic E-state index is -0.105. The van der Waals surface area contributed by atoms with Gasteiger partial charge in [0, 0.05) is 6.54 Å². The second-order valence-electron chi connectivity index (χ2n) is 6.25. The van der Waals surface area contributed by atoms with E-state index >= 15 is 0 Å². The van der Waals surface area contributed by atoms with Crippen molar-refractivity contribution in [3.05, 3.63) is 29.8 Å². The molecule has 1 aliphatic rings. The molecule has 1 aromatic carbocycles. The van der Waals surface area contributed by atoms with E-state index in [0.29, 0.717) is 19.7 Å². The van der Waals surface area contributed by atoms with Gasteiger partial charge in [-0.25, -0.2) is 0 Å². The normalized spacial score (nSPS) is 15.6. The van der Waals surface area contributed by atoms with E-state index in [1.165, 1.54) is 0 Å². The van der Waals surface area contributed by atoms with Crippen molar-refractivity contribution < 1.29 is 19.1 Å². The molecule has 0 radical (unpaired) electrons. The van der Waals surface area contributed by atoms with Crippen LogP contribution in [0.15, 0.2) is 24.3 Å². The van der Waals surface area contributed by atoms with Gasteiger partial charge in [0.25, 0.3) is 0 Å². The molecule has 6 nitrogen and oxygen atoms in total. The van der Waals surface area contributed by atoms with Gasteiger partial charge in [-0.2, -0.15) is 0 Å². The zero-order valence-corrected chi connectivity index (χ0v) is 15.1. The van der Waals surface area contributed by atoms with E-state index in [1.54, 1.807) is 7.11 Å². The first kappa shape index (κ1) is 19.2. The largest absolute Gasteiger partial charge is 0.497 e. The summed E-state index contributed by atoms with van der Waals surface area (Å²) in [5.74, 6) is 0.738. The van der Waals surface area contributed by atoms with Crippen LogP contribution in [0.3, 0.4) is 0 Å². The molecule has 1 saturated heterocycles. The number of hydrogen-bond donors (Lipinski definition) is 1. The highest BCUT2D eigenvalue weighted by Crippen LogP contribution is 2.18. The highest BCUT2D eigenvalue weighted by molar-refractivity contribution is 5.78. The van der Waals surface area contributed by atoms with E-state index in [-0.39, 0.29) is 17.8 Å². The van der Waals surface area contributed by atoms with Crippen molar-refractivity contribution in [2.45, 2.75) is 26.2 Å². The fourth-order valence-corrected chi connectivity index (χ4v) is 2.98. The lowest BCUT2D eigenvalue weighted by Gasteiger charge is -2.30. The molecular weight excluding hydrogens is 320 g/mol. The number of benzene rings is 1. The van der Waals surface area contributed by atoms with Crippen molar-refractivity contribution in [3.63, 3.8) is 0 Å². The number of likely N-dealkylation sites (tertiary alicyclic amines) is 1. The third kappa shape index (κ3) is 6.38. The molecule has 0 atom stereocenters. The lowest BCUT2D eigenvalue weighted by Crippen LogP contribution is -2.43. The third-order valence-electron chi connectivity index (χ3n) is 4.47. The van der Waals surface area contributed by atoms with Gasteiger partial charge in [-0.05, 0) is 57.0 Å². The summed E-state index contributed by atoms with van der Waals surface area (Å²) in [6.07, 6.45) is 2.32. The average molecular weight is 348 g/mol. The van der Waals surface area contributed by atoms with E-state index in [2.05, 4.69) is 10.2 Å². The van der Waals surface area contributed by atoms with Gasteiger partial charge in [-0.15, -0.1) is 0 Å². The number of rotatable bonds is 8. The summed E-state index contributed by atoms with van der Waals surface area (Å²) in [4.78, 5) is 25.9. The highest BCUT2D eigenvalue weighted by Gasteiger charge is 2.26. The number of carbonyl (C=O) groups is 2. The van der Waals surface area contributed by atoms with Crippen LogP contribution in [-0.4, -0.2) is 56.7 Å². The van der Waals surface area contributed by atoms with Crippen molar-refractivity contribution in [2.75, 3.05) is 39.9 Å². The van der Waals surface area contributed by atoms with Crippen LogP contribution >= 0.6 is 0 Å². The number of amides is 1. The summed E-state index contributed by atoms with van der Waals surface area (Å²) < 4.78 is 10.2. The Balaban J connectivity index is 1.63. The fourth-order valence-electron chi connectivity index (χ4n) is 2.98. The Morgan fingerprint density at radius 3 is 2.48 bits per heavy atom. The van der Waals surface area contributed by atoms with E-state index < -0.39 is 0 Å². The molecular formula is C19H28N2O4. The number of methoxy groups -OCH3 is 1. The molecule has 2 rings (SSSR count). The molecule has 1 aliphatic heterocycles. The van der Waals surface area contributed by atoms with Crippen LogP contribution in [0.2, 0.25) is 0 Å². The number of nitrogens with zero attached hydrogens (tertiary/aromatic N) is 1. The summed E-state index contributed by atoms with van der Waals surface area (Å²) in [6, 6.07) is 7.85. The van der Waals surface area contributed by atoms with Crippen molar-refractivity contribution in [2.24, 2.45) is 5.92 Å². The zero-order valence-electron chi connectivity index (χ0n) is 15.1. The summed E-state index contributed by atoms with van der Waals surface area (Å²) in [6.45, 7) is 4.77. The lowest BCUT2D eigenvalue weighted by molar-refractivity contribution is -0.149. The van der Waals surface area contributed by atoms with E-state index in [4.69, 9.17) is 9.47 Å². The molecule has 1 N–H and O–H groups in total. The maximum absolute atomic E-state index is 12.1. The van der Waals surface area contributed by atoms with Crippen molar-refractivity contribution in [3.8, 4) is 5.75 Å². The SMILES string of the molecule is CCOC(=O)C1CCN(CC(=O)NCCc2ccc(OC)cc2)CC1. The van der Waals surface area contributed by atoms with E-state index in [0.717, 1.165) is 43.7 Å². The quantitative estimate of drug-likeness (QED) is 0.723. The predicted molar refractivity (Wildman–Crippen MR) is 95.5 cm³/mol. The topological polar surface area (TPSA) is 67.9 Å². The number of ether oxygens (including phenoxy) is 2. The van der Waals surface area contributed by atoms with Gasteiger partial charge >= 0.3 is 5.97 Å². The number of piperidine rings is 1. The van der Waals surface area contributed by atoms with Gasteiger partial charge in [-0.3, -0.25) is 14.5 Å². The summed E-state index contributed by atoms with van der Waals surface area (Å²) in [5, 5.41) is 2.96. The third-order valence-corrected chi connectivity index (χ3v) is 4.47. The number of nitrogens with one attached hydrogen (secondary N) is 1. The Morgan fingerprint density at radius 2 is 1.88 bits per heavy atom. The number of esters is 1. The Morgan fingerprint density at radius 1 is 1.20 bits per heavy atom. The maximum atomic E-state index is 12.1. The smallest absolute Gasteiger partial charge is 0.309 e. The second-order valence-corrected chi connectivity index (χ2v) is 6.25. The van der Waals surface area contributed by atoms with E-state index in [9.17, 15) is 9.59 Å². The first-order valence-electron chi connectivity index (χ1n) is 8.91. The highest BCUT2D eigenvalue weighted by atomic mass is 16.5. The minimum absolute atomic E-state index is 0.0191. The molecule has 1 aromatic rings. The molecule has 0 aliphatic carbocycles. The fraction of sp³-hybridized carbons (Fsp3) is 0.579. The van der Waals surface area contributed by atoms with Gasteiger partial charge in [0.15, 0.2) is 0 Å². The molecule has 1 heterocycles. The molecule has 138 valence electrons. The van der Waals surface area contributed by atoms with Crippen LogP contribution in [0.4, 0.5) is 0 Å². The van der Waals surface area contributed by atoms with Crippen molar-refractivity contribution in [1.82, 2.24) is 10.2 Å². The summed E-state index contributed by atoms with van der Waals surface area (Å²) in [5.41, 5.74) is 1.16. The maximum Gasteiger partial charge on any atom is 0.309 e. The first-order valence-corrected chi connectivity index (χ1v) is 8.91. The molecule has 1 amide bonds. The molecule has 0 aromatic heterocycles. The van der Waals surface area contributed by atoms with Crippen LogP contribution in [-0.2, 0) is 20.7 Å². The van der Waals surface area contributed by atoms with Crippen molar-refractivity contribution in [1.29, 1.82) is 0 Å². The number of hydrogen-bond acceptors (Lipinski definition) is 5. The van der Waals surface area contributed by atoms with Crippen LogP contribution in [0.5, 0.6) is 5.75 Å². The lowest BCUT2D eigenvalue weighted by atomic mass is 9.97. The van der Waals surface area contributed by atoms with E-state index in [1.807, 2.05) is 31.2 Å². The van der Waals surface area contributed by atoms with Gasteiger partial charge < -0.3 is 14.8 Å². The van der Waals surface area contributed by atoms with Gasteiger partial charge in [0.2, 0.25) is 5.91 Å². The molecule has 1 fully saturated rings. The first-order chi connectivity index (χ1) is 12.1. The van der Waals surface area contributed by atoms with Gasteiger partial charge in [0.1, 0.15) is 5.75 Å². The standard InChI is InChI=1S/C19H28N2O4/c1-3-25-19(23)16-9-12-21(13-10-16)14-18(22)20-11-8-15-4-6-17(24-2)7-5-15/h4-7,16H,3,8-14H2,1-2H3,(H,20,22). The Hall–Kier alpha value is -2.08. The zero-order chi connectivity index (χ0) is 18.1. The summed E-state index contributed by atoms with van der Waals surface area (Å²) in [7, 11) is 1.64. The van der Waals surface area contributed by atoms with Crippen LogP contribution in [0.25, 0.3) is 0 Å². The Kier molecular flexibility index (Phi) is 7.73. The monoisotopic (exact) mass is 348 g/mol. The van der Waals surface area contributed by atoms with Gasteiger partial charge in [0.05, 0.1) is 26.2 Å². The minimum Gasteiger partial charge on any atom is -0.497 e. The molecule has 0 saturated carbocycles. The summed E-state index contributed by atoms with van der Waals surface area (Å²) >= 11 is 0. The number of carbonyl (C=O) groups excluding carboxylic acids is 2. The van der Waals surface area contributed by atoms with Crippen LogP contribution < -0.4 is 10.1 Å².